The summed E-state index contributed by atoms with van der Waals surface area (Å²) in [6, 6.07) is 11.3. The van der Waals surface area contributed by atoms with Crippen molar-refractivity contribution in [2.75, 3.05) is 11.9 Å². The summed E-state index contributed by atoms with van der Waals surface area (Å²) in [7, 11) is 0. The number of aliphatic hydroxyl groups is 1. The van der Waals surface area contributed by atoms with Crippen LogP contribution < -0.4 is 5.32 Å². The van der Waals surface area contributed by atoms with Crippen LogP contribution in [0.2, 0.25) is 5.02 Å². The van der Waals surface area contributed by atoms with E-state index in [1.807, 2.05) is 13.0 Å². The van der Waals surface area contributed by atoms with Gasteiger partial charge in [0.25, 0.3) is 5.69 Å². The second kappa shape index (κ2) is 6.56. The molecule has 0 aliphatic carbocycles. The smallest absolute Gasteiger partial charge is 0.269 e. The molecule has 2 N–H and O–H groups in total. The molecule has 0 aliphatic rings. The fourth-order valence-corrected chi connectivity index (χ4v) is 2.10. The molecule has 0 fully saturated rings. The lowest BCUT2D eigenvalue weighted by Gasteiger charge is -2.15. The van der Waals surface area contributed by atoms with Crippen molar-refractivity contribution < 1.29 is 10.0 Å². The maximum absolute atomic E-state index is 10.6. The van der Waals surface area contributed by atoms with E-state index in [1.165, 1.54) is 12.1 Å². The van der Waals surface area contributed by atoms with Gasteiger partial charge >= 0.3 is 0 Å². The highest BCUT2D eigenvalue weighted by atomic mass is 35.5. The van der Waals surface area contributed by atoms with Crippen molar-refractivity contribution in [1.29, 1.82) is 0 Å². The number of anilines is 1. The topological polar surface area (TPSA) is 75.4 Å². The van der Waals surface area contributed by atoms with Crippen LogP contribution in [0.1, 0.15) is 17.2 Å². The van der Waals surface area contributed by atoms with Gasteiger partial charge in [-0.25, -0.2) is 0 Å². The van der Waals surface area contributed by atoms with E-state index in [0.29, 0.717) is 17.1 Å². The van der Waals surface area contributed by atoms with Gasteiger partial charge in [-0.1, -0.05) is 17.7 Å². The number of nitrogens with zero attached hydrogens (tertiary/aromatic N) is 1. The minimum atomic E-state index is -0.760. The lowest BCUT2D eigenvalue weighted by molar-refractivity contribution is -0.384. The third-order valence-corrected chi connectivity index (χ3v) is 3.41. The predicted octanol–water partition coefficient (Wildman–Crippen LogP) is 3.70. The van der Waals surface area contributed by atoms with Crippen LogP contribution in [0.3, 0.4) is 0 Å². The first-order valence-electron chi connectivity index (χ1n) is 6.40. The van der Waals surface area contributed by atoms with E-state index < -0.39 is 11.0 Å². The Labute approximate surface area is 127 Å². The van der Waals surface area contributed by atoms with Crippen LogP contribution in [0, 0.1) is 17.0 Å². The fraction of sp³-hybridized carbons (Fsp3) is 0.200. The summed E-state index contributed by atoms with van der Waals surface area (Å²) in [5.74, 6) is 0. The highest BCUT2D eigenvalue weighted by Gasteiger charge is 2.11. The molecule has 1 unspecified atom stereocenters. The van der Waals surface area contributed by atoms with Gasteiger partial charge in [-0.3, -0.25) is 10.1 Å². The van der Waals surface area contributed by atoms with E-state index in [0.717, 1.165) is 11.3 Å². The van der Waals surface area contributed by atoms with Crippen LogP contribution >= 0.6 is 11.6 Å². The first kappa shape index (κ1) is 15.3. The van der Waals surface area contributed by atoms with Gasteiger partial charge in [-0.15, -0.1) is 0 Å². The summed E-state index contributed by atoms with van der Waals surface area (Å²) < 4.78 is 0. The van der Waals surface area contributed by atoms with Crippen LogP contribution in [-0.2, 0) is 0 Å². The Balaban J connectivity index is 2.02. The first-order valence-corrected chi connectivity index (χ1v) is 6.77. The summed E-state index contributed by atoms with van der Waals surface area (Å²) in [5, 5.41) is 24.4. The number of aryl methyl sites for hydroxylation is 1. The number of rotatable bonds is 5. The number of nitro groups is 1. The number of hydrogen-bond donors (Lipinski definition) is 2. The number of nitro benzene ring substituents is 1. The molecule has 2 rings (SSSR count). The molecule has 2 aromatic rings. The minimum Gasteiger partial charge on any atom is -0.387 e. The Morgan fingerprint density at radius 1 is 1.29 bits per heavy atom. The van der Waals surface area contributed by atoms with Crippen molar-refractivity contribution in [1.82, 2.24) is 0 Å². The Bertz CT molecular complexity index is 644. The van der Waals surface area contributed by atoms with E-state index >= 15 is 0 Å². The summed E-state index contributed by atoms with van der Waals surface area (Å²) in [5.41, 5.74) is 2.50. The zero-order valence-corrected chi connectivity index (χ0v) is 12.2. The average Bonchev–Trinajstić information content (AvgIpc) is 2.48. The molecule has 110 valence electrons. The van der Waals surface area contributed by atoms with E-state index in [-0.39, 0.29) is 5.69 Å². The monoisotopic (exact) mass is 306 g/mol. The normalized spacial score (nSPS) is 12.0. The zero-order valence-electron chi connectivity index (χ0n) is 11.4. The summed E-state index contributed by atoms with van der Waals surface area (Å²) in [6.07, 6.45) is -0.760. The van der Waals surface area contributed by atoms with Gasteiger partial charge in [-0.2, -0.15) is 0 Å². The summed E-state index contributed by atoms with van der Waals surface area (Å²) in [6.45, 7) is 2.23. The molecule has 6 heteroatoms. The first-order chi connectivity index (χ1) is 9.97. The predicted molar refractivity (Wildman–Crippen MR) is 82.7 cm³/mol. The Morgan fingerprint density at radius 2 is 1.95 bits per heavy atom. The van der Waals surface area contributed by atoms with Gasteiger partial charge in [0.2, 0.25) is 0 Å². The Morgan fingerprint density at radius 3 is 2.57 bits per heavy atom. The van der Waals surface area contributed by atoms with Crippen LogP contribution in [-0.4, -0.2) is 16.6 Å². The molecule has 0 aliphatic heterocycles. The highest BCUT2D eigenvalue weighted by Crippen LogP contribution is 2.22. The SMILES string of the molecule is Cc1ccc(Cl)cc1NCC(O)c1ccc([N+](=O)[O-])cc1. The molecular formula is C15H15ClN2O3. The number of halogens is 1. The van der Waals surface area contributed by atoms with Gasteiger partial charge in [-0.05, 0) is 42.3 Å². The van der Waals surface area contributed by atoms with Crippen molar-refractivity contribution in [3.63, 3.8) is 0 Å². The van der Waals surface area contributed by atoms with Crippen molar-refractivity contribution in [2.45, 2.75) is 13.0 Å². The van der Waals surface area contributed by atoms with Gasteiger partial charge in [0.05, 0.1) is 11.0 Å². The molecule has 0 spiro atoms. The summed E-state index contributed by atoms with van der Waals surface area (Å²) in [4.78, 5) is 10.1. The van der Waals surface area contributed by atoms with E-state index in [4.69, 9.17) is 11.6 Å². The maximum Gasteiger partial charge on any atom is 0.269 e. The van der Waals surface area contributed by atoms with Gasteiger partial charge < -0.3 is 10.4 Å². The van der Waals surface area contributed by atoms with Crippen LogP contribution in [0.4, 0.5) is 11.4 Å². The number of benzene rings is 2. The molecule has 5 nitrogen and oxygen atoms in total. The number of hydrogen-bond acceptors (Lipinski definition) is 4. The third kappa shape index (κ3) is 3.93. The molecule has 0 saturated carbocycles. The Hall–Kier alpha value is -2.11. The highest BCUT2D eigenvalue weighted by molar-refractivity contribution is 6.30. The average molecular weight is 307 g/mol. The van der Waals surface area contributed by atoms with Gasteiger partial charge in [0.15, 0.2) is 0 Å². The van der Waals surface area contributed by atoms with Gasteiger partial charge in [0.1, 0.15) is 0 Å². The molecular weight excluding hydrogens is 292 g/mol. The molecule has 0 amide bonds. The number of non-ortho nitro benzene ring substituents is 1. The summed E-state index contributed by atoms with van der Waals surface area (Å²) >= 11 is 5.93. The second-order valence-electron chi connectivity index (χ2n) is 4.70. The van der Waals surface area contributed by atoms with Gasteiger partial charge in [0, 0.05) is 29.4 Å². The minimum absolute atomic E-state index is 0.00425. The van der Waals surface area contributed by atoms with Crippen molar-refractivity contribution >= 4 is 23.0 Å². The fourth-order valence-electron chi connectivity index (χ4n) is 1.93. The molecule has 2 aromatic carbocycles. The van der Waals surface area contributed by atoms with Crippen LogP contribution in [0.5, 0.6) is 0 Å². The van der Waals surface area contributed by atoms with Crippen molar-refractivity contribution in [3.05, 3.63) is 68.7 Å². The molecule has 0 radical (unpaired) electrons. The molecule has 21 heavy (non-hydrogen) atoms. The quantitative estimate of drug-likeness (QED) is 0.652. The lowest BCUT2D eigenvalue weighted by atomic mass is 10.1. The molecule has 0 saturated heterocycles. The molecule has 1 atom stereocenters. The standard InChI is InChI=1S/C15H15ClN2O3/c1-10-2-5-12(16)8-14(10)17-9-15(19)11-3-6-13(7-4-11)18(20)21/h2-8,15,17,19H,9H2,1H3. The zero-order chi connectivity index (χ0) is 15.4. The molecule has 0 heterocycles. The second-order valence-corrected chi connectivity index (χ2v) is 5.14. The third-order valence-electron chi connectivity index (χ3n) is 3.17. The van der Waals surface area contributed by atoms with Crippen LogP contribution in [0.15, 0.2) is 42.5 Å². The molecule has 0 aromatic heterocycles. The lowest BCUT2D eigenvalue weighted by Crippen LogP contribution is -2.12. The number of aliphatic hydroxyl groups excluding tert-OH is 1. The van der Waals surface area contributed by atoms with Crippen LogP contribution in [0.25, 0.3) is 0 Å². The van der Waals surface area contributed by atoms with E-state index in [9.17, 15) is 15.2 Å². The van der Waals surface area contributed by atoms with E-state index in [1.54, 1.807) is 24.3 Å². The maximum atomic E-state index is 10.6. The number of nitrogens with one attached hydrogen (secondary N) is 1. The van der Waals surface area contributed by atoms with E-state index in [2.05, 4.69) is 5.32 Å². The largest absolute Gasteiger partial charge is 0.387 e. The van der Waals surface area contributed by atoms with Crippen molar-refractivity contribution in [2.24, 2.45) is 0 Å². The Kier molecular flexibility index (Phi) is 4.77. The van der Waals surface area contributed by atoms with Crippen molar-refractivity contribution in [3.8, 4) is 0 Å². The molecule has 0 bridgehead atoms.